The van der Waals surface area contributed by atoms with Crippen LogP contribution in [-0.2, 0) is 4.74 Å². The summed E-state index contributed by atoms with van der Waals surface area (Å²) in [5.74, 6) is -0.377. The summed E-state index contributed by atoms with van der Waals surface area (Å²) in [6, 6.07) is 9.64. The maximum Gasteiger partial charge on any atom is 0.350 e. The number of hydrogen-bond donors (Lipinski definition) is 1. The molecule has 0 aliphatic carbocycles. The van der Waals surface area contributed by atoms with Crippen molar-refractivity contribution in [3.63, 3.8) is 0 Å². The summed E-state index contributed by atoms with van der Waals surface area (Å²) < 4.78 is 6.33. The molecule has 1 heterocycles. The van der Waals surface area contributed by atoms with Gasteiger partial charge < -0.3 is 10.5 Å². The van der Waals surface area contributed by atoms with Crippen LogP contribution < -0.4 is 5.73 Å². The van der Waals surface area contributed by atoms with E-state index in [0.29, 0.717) is 10.6 Å². The molecule has 0 unspecified atom stereocenters. The van der Waals surface area contributed by atoms with Crippen molar-refractivity contribution in [2.75, 3.05) is 5.73 Å². The molecule has 3 nitrogen and oxygen atoms in total. The van der Waals surface area contributed by atoms with Crippen molar-refractivity contribution in [3.05, 3.63) is 39.7 Å². The van der Waals surface area contributed by atoms with E-state index in [1.54, 1.807) is 0 Å². The van der Waals surface area contributed by atoms with E-state index in [1.807, 2.05) is 51.1 Å². The first-order chi connectivity index (χ1) is 9.28. The SMILES string of the molecule is CC(C)(C)OC(=O)c1sc(-c2ccccc2Br)cc1N. The number of carbonyl (C=O) groups excluding carboxylic acids is 1. The lowest BCUT2D eigenvalue weighted by molar-refractivity contribution is 0.00764. The van der Waals surface area contributed by atoms with Gasteiger partial charge in [0.2, 0.25) is 0 Å². The molecule has 0 saturated heterocycles. The molecule has 1 aromatic carbocycles. The first-order valence-corrected chi connectivity index (χ1v) is 7.76. The molecule has 0 aliphatic rings. The Balaban J connectivity index is 2.36. The average molecular weight is 354 g/mol. The summed E-state index contributed by atoms with van der Waals surface area (Å²) in [5, 5.41) is 0. The van der Waals surface area contributed by atoms with E-state index in [1.165, 1.54) is 11.3 Å². The van der Waals surface area contributed by atoms with Crippen molar-refractivity contribution in [3.8, 4) is 10.4 Å². The van der Waals surface area contributed by atoms with Crippen LogP contribution in [0, 0.1) is 0 Å². The third kappa shape index (κ3) is 3.41. The van der Waals surface area contributed by atoms with Crippen LogP contribution in [0.25, 0.3) is 10.4 Å². The zero-order valence-corrected chi connectivity index (χ0v) is 14.0. The minimum atomic E-state index is -0.527. The van der Waals surface area contributed by atoms with Crippen molar-refractivity contribution in [2.45, 2.75) is 26.4 Å². The predicted molar refractivity (Wildman–Crippen MR) is 87.0 cm³/mol. The van der Waals surface area contributed by atoms with Gasteiger partial charge in [0.1, 0.15) is 10.5 Å². The molecule has 106 valence electrons. The fourth-order valence-corrected chi connectivity index (χ4v) is 3.31. The maximum atomic E-state index is 12.1. The number of anilines is 1. The Morgan fingerprint density at radius 3 is 2.55 bits per heavy atom. The molecule has 0 fully saturated rings. The number of esters is 1. The highest BCUT2D eigenvalue weighted by Crippen LogP contribution is 2.37. The number of hydrogen-bond acceptors (Lipinski definition) is 4. The van der Waals surface area contributed by atoms with Gasteiger partial charge in [-0.3, -0.25) is 0 Å². The van der Waals surface area contributed by atoms with Crippen molar-refractivity contribution in [1.29, 1.82) is 0 Å². The Hall–Kier alpha value is -1.33. The number of benzene rings is 1. The molecule has 0 atom stereocenters. The first kappa shape index (κ1) is 15.1. The highest BCUT2D eigenvalue weighted by Gasteiger charge is 2.22. The third-order valence-corrected chi connectivity index (χ3v) is 4.34. The molecule has 5 heteroatoms. The summed E-state index contributed by atoms with van der Waals surface area (Å²) in [7, 11) is 0. The number of rotatable bonds is 2. The predicted octanol–water partition coefficient (Wildman–Crippen LogP) is 4.72. The number of halogens is 1. The van der Waals surface area contributed by atoms with Crippen LogP contribution in [0.3, 0.4) is 0 Å². The second-order valence-electron chi connectivity index (χ2n) is 5.38. The monoisotopic (exact) mass is 353 g/mol. The van der Waals surface area contributed by atoms with Gasteiger partial charge in [0, 0.05) is 14.9 Å². The van der Waals surface area contributed by atoms with E-state index >= 15 is 0 Å². The molecule has 0 aliphatic heterocycles. The topological polar surface area (TPSA) is 52.3 Å². The molecule has 0 bridgehead atoms. The van der Waals surface area contributed by atoms with Gasteiger partial charge in [-0.05, 0) is 32.9 Å². The summed E-state index contributed by atoms with van der Waals surface area (Å²) in [6.45, 7) is 5.51. The molecule has 1 aromatic heterocycles. The zero-order chi connectivity index (χ0) is 14.9. The number of carbonyl (C=O) groups is 1. The van der Waals surface area contributed by atoms with Gasteiger partial charge in [-0.15, -0.1) is 11.3 Å². The normalized spacial score (nSPS) is 11.4. The quantitative estimate of drug-likeness (QED) is 0.795. The van der Waals surface area contributed by atoms with Gasteiger partial charge >= 0.3 is 5.97 Å². The minimum absolute atomic E-state index is 0.377. The van der Waals surface area contributed by atoms with E-state index in [-0.39, 0.29) is 5.97 Å². The second-order valence-corrected chi connectivity index (χ2v) is 7.28. The van der Waals surface area contributed by atoms with E-state index in [0.717, 1.165) is 14.9 Å². The van der Waals surface area contributed by atoms with E-state index in [4.69, 9.17) is 10.5 Å². The maximum absolute atomic E-state index is 12.1. The van der Waals surface area contributed by atoms with Crippen molar-refractivity contribution < 1.29 is 9.53 Å². The summed E-state index contributed by atoms with van der Waals surface area (Å²) >= 11 is 4.85. The number of nitrogen functional groups attached to an aromatic ring is 1. The smallest absolute Gasteiger partial charge is 0.350 e. The number of ether oxygens (including phenoxy) is 1. The van der Waals surface area contributed by atoms with E-state index in [2.05, 4.69) is 15.9 Å². The average Bonchev–Trinajstić information content (AvgIpc) is 2.69. The van der Waals surface area contributed by atoms with Crippen LogP contribution >= 0.6 is 27.3 Å². The number of nitrogens with two attached hydrogens (primary N) is 1. The summed E-state index contributed by atoms with van der Waals surface area (Å²) in [4.78, 5) is 13.5. The summed E-state index contributed by atoms with van der Waals surface area (Å²) in [5.41, 5.74) is 6.88. The highest BCUT2D eigenvalue weighted by atomic mass is 79.9. The van der Waals surface area contributed by atoms with Gasteiger partial charge in [-0.1, -0.05) is 34.1 Å². The molecule has 2 rings (SSSR count). The Morgan fingerprint density at radius 2 is 1.95 bits per heavy atom. The molecule has 2 aromatic rings. The van der Waals surface area contributed by atoms with Crippen LogP contribution in [0.4, 0.5) is 5.69 Å². The second kappa shape index (κ2) is 5.58. The molecule has 0 radical (unpaired) electrons. The van der Waals surface area contributed by atoms with Crippen LogP contribution in [0.15, 0.2) is 34.8 Å². The fraction of sp³-hybridized carbons (Fsp3) is 0.267. The van der Waals surface area contributed by atoms with Gasteiger partial charge in [0.15, 0.2) is 0 Å². The molecule has 0 saturated carbocycles. The van der Waals surface area contributed by atoms with Crippen molar-refractivity contribution in [2.24, 2.45) is 0 Å². The lowest BCUT2D eigenvalue weighted by atomic mass is 10.2. The Bertz CT molecular complexity index is 644. The van der Waals surface area contributed by atoms with E-state index < -0.39 is 5.60 Å². The summed E-state index contributed by atoms with van der Waals surface area (Å²) in [6.07, 6.45) is 0. The lowest BCUT2D eigenvalue weighted by Crippen LogP contribution is -2.23. The highest BCUT2D eigenvalue weighted by molar-refractivity contribution is 9.10. The molecular formula is C15H16BrNO2S. The fourth-order valence-electron chi connectivity index (χ4n) is 1.68. The molecular weight excluding hydrogens is 338 g/mol. The largest absolute Gasteiger partial charge is 0.456 e. The van der Waals surface area contributed by atoms with Crippen molar-refractivity contribution >= 4 is 38.9 Å². The zero-order valence-electron chi connectivity index (χ0n) is 11.6. The molecule has 2 N–H and O–H groups in total. The van der Waals surface area contributed by atoms with Crippen LogP contribution in [0.5, 0.6) is 0 Å². The Morgan fingerprint density at radius 1 is 1.30 bits per heavy atom. The third-order valence-electron chi connectivity index (χ3n) is 2.48. The van der Waals surface area contributed by atoms with Gasteiger partial charge in [0.25, 0.3) is 0 Å². The number of thiophene rings is 1. The van der Waals surface area contributed by atoms with Gasteiger partial charge in [0.05, 0.1) is 5.69 Å². The molecule has 20 heavy (non-hydrogen) atoms. The standard InChI is InChI=1S/C15H16BrNO2S/c1-15(2,3)19-14(18)13-11(17)8-12(20-13)9-6-4-5-7-10(9)16/h4-8H,17H2,1-3H3. The van der Waals surface area contributed by atoms with Crippen LogP contribution in [0.1, 0.15) is 30.4 Å². The van der Waals surface area contributed by atoms with Gasteiger partial charge in [-0.2, -0.15) is 0 Å². The van der Waals surface area contributed by atoms with E-state index in [9.17, 15) is 4.79 Å². The van der Waals surface area contributed by atoms with Crippen molar-refractivity contribution in [1.82, 2.24) is 0 Å². The first-order valence-electron chi connectivity index (χ1n) is 6.15. The molecule has 0 spiro atoms. The van der Waals surface area contributed by atoms with Crippen LogP contribution in [0.2, 0.25) is 0 Å². The minimum Gasteiger partial charge on any atom is -0.456 e. The van der Waals surface area contributed by atoms with Gasteiger partial charge in [-0.25, -0.2) is 4.79 Å². The Labute approximate surface area is 130 Å². The Kier molecular flexibility index (Phi) is 4.20. The van der Waals surface area contributed by atoms with Crippen LogP contribution in [-0.4, -0.2) is 11.6 Å². The molecule has 0 amide bonds. The lowest BCUT2D eigenvalue weighted by Gasteiger charge is -2.18.